The third-order valence-electron chi connectivity index (χ3n) is 2.53. The van der Waals surface area contributed by atoms with Gasteiger partial charge in [-0.05, 0) is 39.7 Å². The van der Waals surface area contributed by atoms with Gasteiger partial charge in [-0.25, -0.2) is 0 Å². The Morgan fingerprint density at radius 3 is 2.67 bits per heavy atom. The molecule has 5 heteroatoms. The van der Waals surface area contributed by atoms with Crippen LogP contribution in [-0.2, 0) is 13.1 Å². The Kier molecular flexibility index (Phi) is 4.52. The lowest BCUT2D eigenvalue weighted by Gasteiger charge is -2.07. The number of carbonyl (C=O) groups is 1. The number of carbonyl (C=O) groups excluding carboxylic acids is 1. The number of hydrogen-bond acceptors (Lipinski definition) is 3. The first kappa shape index (κ1) is 13.3. The van der Waals surface area contributed by atoms with Gasteiger partial charge in [0.1, 0.15) is 0 Å². The second kappa shape index (κ2) is 6.13. The maximum absolute atomic E-state index is 11.2. The van der Waals surface area contributed by atoms with Crippen LogP contribution >= 0.6 is 27.3 Å². The van der Waals surface area contributed by atoms with Gasteiger partial charge in [0.25, 0.3) is 0 Å². The average molecular weight is 325 g/mol. The SMILES string of the molecule is NC(=O)c1ccccc1CNCc1ccc(Br)s1. The van der Waals surface area contributed by atoms with Crippen LogP contribution in [0, 0.1) is 0 Å². The summed E-state index contributed by atoms with van der Waals surface area (Å²) < 4.78 is 1.12. The number of halogens is 1. The fourth-order valence-electron chi connectivity index (χ4n) is 1.68. The molecule has 0 aliphatic carbocycles. The summed E-state index contributed by atoms with van der Waals surface area (Å²) in [6.45, 7) is 1.41. The molecule has 0 radical (unpaired) electrons. The van der Waals surface area contributed by atoms with Gasteiger partial charge in [0.15, 0.2) is 0 Å². The van der Waals surface area contributed by atoms with Gasteiger partial charge >= 0.3 is 0 Å². The zero-order valence-electron chi connectivity index (χ0n) is 9.65. The fraction of sp³-hybridized carbons (Fsp3) is 0.154. The van der Waals surface area contributed by atoms with Crippen LogP contribution in [-0.4, -0.2) is 5.91 Å². The minimum Gasteiger partial charge on any atom is -0.366 e. The van der Waals surface area contributed by atoms with Crippen molar-refractivity contribution < 1.29 is 4.79 Å². The van der Waals surface area contributed by atoms with Crippen molar-refractivity contribution in [2.45, 2.75) is 13.1 Å². The molecule has 0 saturated heterocycles. The summed E-state index contributed by atoms with van der Waals surface area (Å²) in [4.78, 5) is 12.5. The Hall–Kier alpha value is -1.17. The third kappa shape index (κ3) is 3.41. The van der Waals surface area contributed by atoms with Crippen LogP contribution in [0.2, 0.25) is 0 Å². The number of nitrogens with one attached hydrogen (secondary N) is 1. The van der Waals surface area contributed by atoms with Crippen molar-refractivity contribution in [3.63, 3.8) is 0 Å². The van der Waals surface area contributed by atoms with Crippen molar-refractivity contribution >= 4 is 33.2 Å². The van der Waals surface area contributed by atoms with Crippen LogP contribution in [0.1, 0.15) is 20.8 Å². The van der Waals surface area contributed by atoms with Crippen LogP contribution in [0.15, 0.2) is 40.2 Å². The van der Waals surface area contributed by atoms with E-state index in [1.807, 2.05) is 24.3 Å². The lowest BCUT2D eigenvalue weighted by atomic mass is 10.1. The quantitative estimate of drug-likeness (QED) is 0.888. The summed E-state index contributed by atoms with van der Waals surface area (Å²) in [5, 5.41) is 3.31. The van der Waals surface area contributed by atoms with E-state index in [-0.39, 0.29) is 5.91 Å². The predicted molar refractivity (Wildman–Crippen MR) is 77.5 cm³/mol. The largest absolute Gasteiger partial charge is 0.366 e. The third-order valence-corrected chi connectivity index (χ3v) is 4.15. The summed E-state index contributed by atoms with van der Waals surface area (Å²) in [5.41, 5.74) is 6.84. The molecular formula is C13H13BrN2OS. The average Bonchev–Trinajstić information content (AvgIpc) is 2.75. The number of benzene rings is 1. The molecule has 1 amide bonds. The molecule has 0 aliphatic rings. The van der Waals surface area contributed by atoms with Crippen LogP contribution in [0.25, 0.3) is 0 Å². The molecule has 2 aromatic rings. The highest BCUT2D eigenvalue weighted by Gasteiger charge is 2.06. The molecule has 0 bridgehead atoms. The van der Waals surface area contributed by atoms with Gasteiger partial charge in [0.2, 0.25) is 5.91 Å². The lowest BCUT2D eigenvalue weighted by Crippen LogP contribution is -2.18. The van der Waals surface area contributed by atoms with Crippen LogP contribution in [0.5, 0.6) is 0 Å². The van der Waals surface area contributed by atoms with Gasteiger partial charge in [-0.3, -0.25) is 4.79 Å². The number of nitrogens with two attached hydrogens (primary N) is 1. The van der Waals surface area contributed by atoms with E-state index in [1.54, 1.807) is 17.4 Å². The van der Waals surface area contributed by atoms with Crippen LogP contribution in [0.4, 0.5) is 0 Å². The van der Waals surface area contributed by atoms with E-state index in [0.29, 0.717) is 12.1 Å². The van der Waals surface area contributed by atoms with Crippen molar-refractivity contribution in [2.24, 2.45) is 5.73 Å². The highest BCUT2D eigenvalue weighted by molar-refractivity contribution is 9.11. The predicted octanol–water partition coefficient (Wildman–Crippen LogP) is 2.90. The smallest absolute Gasteiger partial charge is 0.249 e. The first-order valence-electron chi connectivity index (χ1n) is 5.49. The van der Waals surface area contributed by atoms with E-state index in [2.05, 4.69) is 27.3 Å². The molecule has 1 heterocycles. The van der Waals surface area contributed by atoms with Crippen LogP contribution < -0.4 is 11.1 Å². The Labute approximate surface area is 118 Å². The van der Waals surface area contributed by atoms with E-state index < -0.39 is 0 Å². The monoisotopic (exact) mass is 324 g/mol. The van der Waals surface area contributed by atoms with Crippen LogP contribution in [0.3, 0.4) is 0 Å². The van der Waals surface area contributed by atoms with Crippen molar-refractivity contribution in [1.29, 1.82) is 0 Å². The van der Waals surface area contributed by atoms with E-state index >= 15 is 0 Å². The molecular weight excluding hydrogens is 312 g/mol. The van der Waals surface area contributed by atoms with E-state index in [9.17, 15) is 4.79 Å². The topological polar surface area (TPSA) is 55.1 Å². The molecule has 3 N–H and O–H groups in total. The molecule has 0 unspecified atom stereocenters. The summed E-state index contributed by atoms with van der Waals surface area (Å²) in [6, 6.07) is 11.5. The van der Waals surface area contributed by atoms with Crippen molar-refractivity contribution in [1.82, 2.24) is 5.32 Å². The number of amides is 1. The minimum absolute atomic E-state index is 0.383. The molecule has 18 heavy (non-hydrogen) atoms. The fourth-order valence-corrected chi connectivity index (χ4v) is 3.13. The summed E-state index contributed by atoms with van der Waals surface area (Å²) in [5.74, 6) is -0.383. The molecule has 0 saturated carbocycles. The second-order valence-corrected chi connectivity index (χ2v) is 6.38. The van der Waals surface area contributed by atoms with E-state index in [1.165, 1.54) is 4.88 Å². The highest BCUT2D eigenvalue weighted by Crippen LogP contribution is 2.21. The van der Waals surface area contributed by atoms with Gasteiger partial charge in [0.05, 0.1) is 3.79 Å². The highest BCUT2D eigenvalue weighted by atomic mass is 79.9. The maximum Gasteiger partial charge on any atom is 0.249 e. The normalized spacial score (nSPS) is 10.5. The molecule has 1 aromatic carbocycles. The second-order valence-electron chi connectivity index (χ2n) is 3.83. The summed E-state index contributed by atoms with van der Waals surface area (Å²) in [7, 11) is 0. The number of hydrogen-bond donors (Lipinski definition) is 2. The van der Waals surface area contributed by atoms with Crippen molar-refractivity contribution in [3.05, 3.63) is 56.2 Å². The van der Waals surface area contributed by atoms with Gasteiger partial charge < -0.3 is 11.1 Å². The first-order chi connectivity index (χ1) is 8.66. The Morgan fingerprint density at radius 2 is 2.00 bits per heavy atom. The van der Waals surface area contributed by atoms with Gasteiger partial charge in [0, 0.05) is 23.5 Å². The zero-order valence-corrected chi connectivity index (χ0v) is 12.1. The van der Waals surface area contributed by atoms with Crippen molar-refractivity contribution in [2.75, 3.05) is 0 Å². The molecule has 0 atom stereocenters. The van der Waals surface area contributed by atoms with Crippen molar-refractivity contribution in [3.8, 4) is 0 Å². The molecule has 3 nitrogen and oxygen atoms in total. The zero-order chi connectivity index (χ0) is 13.0. The van der Waals surface area contributed by atoms with Gasteiger partial charge in [-0.1, -0.05) is 18.2 Å². The molecule has 0 aliphatic heterocycles. The standard InChI is InChI=1S/C13H13BrN2OS/c14-12-6-5-10(18-12)8-16-7-9-3-1-2-4-11(9)13(15)17/h1-6,16H,7-8H2,(H2,15,17). The number of thiophene rings is 1. The Balaban J connectivity index is 1.96. The Morgan fingerprint density at radius 1 is 1.22 bits per heavy atom. The van der Waals surface area contributed by atoms with E-state index in [0.717, 1.165) is 15.9 Å². The molecule has 94 valence electrons. The maximum atomic E-state index is 11.2. The Bertz CT molecular complexity index is 553. The summed E-state index contributed by atoms with van der Waals surface area (Å²) in [6.07, 6.45) is 0. The van der Waals surface area contributed by atoms with Gasteiger partial charge in [-0.15, -0.1) is 11.3 Å². The number of primary amides is 1. The molecule has 0 fully saturated rings. The van der Waals surface area contributed by atoms with E-state index in [4.69, 9.17) is 5.73 Å². The molecule has 1 aromatic heterocycles. The molecule has 2 rings (SSSR count). The minimum atomic E-state index is -0.383. The van der Waals surface area contributed by atoms with Gasteiger partial charge in [-0.2, -0.15) is 0 Å². The first-order valence-corrected chi connectivity index (χ1v) is 7.10. The summed E-state index contributed by atoms with van der Waals surface area (Å²) >= 11 is 5.13. The lowest BCUT2D eigenvalue weighted by molar-refractivity contribution is 0.0999. The molecule has 0 spiro atoms. The number of rotatable bonds is 5.